The van der Waals surface area contributed by atoms with E-state index in [9.17, 15) is 4.79 Å². The minimum Gasteiger partial charge on any atom is -0.369 e. The molecule has 3 aromatic rings. The van der Waals surface area contributed by atoms with E-state index in [-0.39, 0.29) is 5.91 Å². The SMILES string of the molecule is CCc1cc2c(NCC3CCN(C(=O)c4ccccc4)CC3)ncnc2s1. The van der Waals surface area contributed by atoms with Crippen molar-refractivity contribution >= 4 is 33.3 Å². The summed E-state index contributed by atoms with van der Waals surface area (Å²) in [5, 5.41) is 4.64. The molecule has 1 aliphatic rings. The first kappa shape index (κ1) is 17.9. The van der Waals surface area contributed by atoms with Gasteiger partial charge in [0.25, 0.3) is 5.91 Å². The lowest BCUT2D eigenvalue weighted by Gasteiger charge is -2.32. The Morgan fingerprint density at radius 2 is 2.00 bits per heavy atom. The van der Waals surface area contributed by atoms with Crippen LogP contribution in [0.4, 0.5) is 5.82 Å². The lowest BCUT2D eigenvalue weighted by Crippen LogP contribution is -2.39. The minimum atomic E-state index is 0.143. The van der Waals surface area contributed by atoms with Gasteiger partial charge >= 0.3 is 0 Å². The summed E-state index contributed by atoms with van der Waals surface area (Å²) in [6, 6.07) is 11.8. The summed E-state index contributed by atoms with van der Waals surface area (Å²) < 4.78 is 0. The van der Waals surface area contributed by atoms with Gasteiger partial charge in [-0.2, -0.15) is 0 Å². The highest BCUT2D eigenvalue weighted by atomic mass is 32.1. The molecular weight excluding hydrogens is 356 g/mol. The van der Waals surface area contributed by atoms with Crippen molar-refractivity contribution in [3.05, 3.63) is 53.2 Å². The van der Waals surface area contributed by atoms with E-state index in [1.807, 2.05) is 35.2 Å². The van der Waals surface area contributed by atoms with Crippen molar-refractivity contribution in [2.75, 3.05) is 25.0 Å². The van der Waals surface area contributed by atoms with Crippen LogP contribution in [-0.4, -0.2) is 40.4 Å². The average molecular weight is 381 g/mol. The van der Waals surface area contributed by atoms with Crippen molar-refractivity contribution in [3.8, 4) is 0 Å². The van der Waals surface area contributed by atoms with E-state index in [0.29, 0.717) is 5.92 Å². The number of anilines is 1. The van der Waals surface area contributed by atoms with E-state index in [1.54, 1.807) is 17.7 Å². The van der Waals surface area contributed by atoms with E-state index in [4.69, 9.17) is 0 Å². The fraction of sp³-hybridized carbons (Fsp3) is 0.381. The molecule has 1 amide bonds. The van der Waals surface area contributed by atoms with E-state index in [1.165, 1.54) is 4.88 Å². The monoisotopic (exact) mass is 380 g/mol. The summed E-state index contributed by atoms with van der Waals surface area (Å²) in [6.07, 6.45) is 4.70. The molecule has 0 unspecified atom stereocenters. The number of nitrogens with zero attached hydrogens (tertiary/aromatic N) is 3. The number of carbonyl (C=O) groups excluding carboxylic acids is 1. The largest absolute Gasteiger partial charge is 0.369 e. The topological polar surface area (TPSA) is 58.1 Å². The maximum Gasteiger partial charge on any atom is 0.253 e. The van der Waals surface area contributed by atoms with Gasteiger partial charge in [-0.05, 0) is 43.4 Å². The number of amides is 1. The maximum absolute atomic E-state index is 12.6. The predicted molar refractivity (Wildman–Crippen MR) is 110 cm³/mol. The first-order valence-corrected chi connectivity index (χ1v) is 10.4. The minimum absolute atomic E-state index is 0.143. The van der Waals surface area contributed by atoms with Crippen LogP contribution in [0.5, 0.6) is 0 Å². The van der Waals surface area contributed by atoms with Crippen molar-refractivity contribution in [3.63, 3.8) is 0 Å². The molecule has 27 heavy (non-hydrogen) atoms. The van der Waals surface area contributed by atoms with Gasteiger partial charge in [-0.3, -0.25) is 4.79 Å². The maximum atomic E-state index is 12.6. The quantitative estimate of drug-likeness (QED) is 0.720. The Hall–Kier alpha value is -2.47. The first-order valence-electron chi connectivity index (χ1n) is 9.56. The number of aryl methyl sites for hydroxylation is 1. The number of benzene rings is 1. The number of hydrogen-bond donors (Lipinski definition) is 1. The smallest absolute Gasteiger partial charge is 0.253 e. The lowest BCUT2D eigenvalue weighted by molar-refractivity contribution is 0.0695. The van der Waals surface area contributed by atoms with E-state index < -0.39 is 0 Å². The van der Waals surface area contributed by atoms with Gasteiger partial charge in [0.1, 0.15) is 17.0 Å². The number of likely N-dealkylation sites (tertiary alicyclic amines) is 1. The van der Waals surface area contributed by atoms with Gasteiger partial charge in [-0.25, -0.2) is 9.97 Å². The van der Waals surface area contributed by atoms with Crippen LogP contribution in [0.15, 0.2) is 42.7 Å². The van der Waals surface area contributed by atoms with Crippen LogP contribution in [-0.2, 0) is 6.42 Å². The summed E-state index contributed by atoms with van der Waals surface area (Å²) >= 11 is 1.74. The van der Waals surface area contributed by atoms with Crippen LogP contribution in [0.1, 0.15) is 35.0 Å². The van der Waals surface area contributed by atoms with Gasteiger partial charge in [-0.15, -0.1) is 11.3 Å². The second kappa shape index (κ2) is 8.05. The molecule has 1 N–H and O–H groups in total. The van der Waals surface area contributed by atoms with Gasteiger partial charge < -0.3 is 10.2 Å². The normalized spacial score (nSPS) is 15.2. The second-order valence-corrected chi connectivity index (χ2v) is 8.11. The number of hydrogen-bond acceptors (Lipinski definition) is 5. The Morgan fingerprint density at radius 3 is 2.74 bits per heavy atom. The Balaban J connectivity index is 1.34. The van der Waals surface area contributed by atoms with Gasteiger partial charge in [0, 0.05) is 30.1 Å². The zero-order valence-electron chi connectivity index (χ0n) is 15.5. The molecule has 140 valence electrons. The second-order valence-electron chi connectivity index (χ2n) is 6.99. The van der Waals surface area contributed by atoms with Crippen molar-refractivity contribution in [1.29, 1.82) is 0 Å². The number of thiophene rings is 1. The highest BCUT2D eigenvalue weighted by Crippen LogP contribution is 2.29. The molecule has 2 aromatic heterocycles. The summed E-state index contributed by atoms with van der Waals surface area (Å²) in [4.78, 5) is 25.7. The van der Waals surface area contributed by atoms with Gasteiger partial charge in [-0.1, -0.05) is 25.1 Å². The van der Waals surface area contributed by atoms with Crippen LogP contribution in [0.3, 0.4) is 0 Å². The number of rotatable bonds is 5. The Labute approximate surface area is 163 Å². The molecule has 0 aliphatic carbocycles. The molecule has 5 nitrogen and oxygen atoms in total. The Kier molecular flexibility index (Phi) is 5.34. The molecule has 1 aliphatic heterocycles. The van der Waals surface area contributed by atoms with Crippen LogP contribution < -0.4 is 5.32 Å². The summed E-state index contributed by atoms with van der Waals surface area (Å²) in [5.41, 5.74) is 0.779. The number of aromatic nitrogens is 2. The highest BCUT2D eigenvalue weighted by molar-refractivity contribution is 7.18. The third-order valence-electron chi connectivity index (χ3n) is 5.21. The van der Waals surface area contributed by atoms with Gasteiger partial charge in [0.2, 0.25) is 0 Å². The zero-order valence-corrected chi connectivity index (χ0v) is 16.3. The molecule has 4 rings (SSSR count). The first-order chi connectivity index (χ1) is 13.2. The molecule has 0 saturated carbocycles. The average Bonchev–Trinajstić information content (AvgIpc) is 3.17. The number of piperidine rings is 1. The highest BCUT2D eigenvalue weighted by Gasteiger charge is 2.23. The van der Waals surface area contributed by atoms with E-state index in [2.05, 4.69) is 28.3 Å². The van der Waals surface area contributed by atoms with Gasteiger partial charge in [0.15, 0.2) is 0 Å². The van der Waals surface area contributed by atoms with Gasteiger partial charge in [0.05, 0.1) is 5.39 Å². The third-order valence-corrected chi connectivity index (χ3v) is 6.40. The summed E-state index contributed by atoms with van der Waals surface area (Å²) in [6.45, 7) is 4.68. The molecule has 0 atom stereocenters. The molecule has 3 heterocycles. The fourth-order valence-corrected chi connectivity index (χ4v) is 4.50. The number of nitrogens with one attached hydrogen (secondary N) is 1. The van der Waals surface area contributed by atoms with Crippen molar-refractivity contribution in [1.82, 2.24) is 14.9 Å². The molecule has 1 fully saturated rings. The third kappa shape index (κ3) is 3.95. The molecule has 0 radical (unpaired) electrons. The van der Waals surface area contributed by atoms with Crippen LogP contribution in [0, 0.1) is 5.92 Å². The lowest BCUT2D eigenvalue weighted by atomic mass is 9.96. The standard InChI is InChI=1S/C21H24N4OS/c1-2-17-12-18-19(23-14-24-20(18)27-17)22-13-15-8-10-25(11-9-15)21(26)16-6-4-3-5-7-16/h3-7,12,14-15H,2,8-11,13H2,1H3,(H,22,23,24). The van der Waals surface area contributed by atoms with E-state index in [0.717, 1.165) is 60.5 Å². The van der Waals surface area contributed by atoms with E-state index >= 15 is 0 Å². The molecule has 1 aromatic carbocycles. The predicted octanol–water partition coefficient (Wildman–Crippen LogP) is 4.22. The fourth-order valence-electron chi connectivity index (χ4n) is 3.57. The molecule has 0 bridgehead atoms. The van der Waals surface area contributed by atoms with Crippen LogP contribution in [0.2, 0.25) is 0 Å². The number of carbonyl (C=O) groups is 1. The molecule has 6 heteroatoms. The van der Waals surface area contributed by atoms with Crippen LogP contribution in [0.25, 0.3) is 10.2 Å². The molecule has 0 spiro atoms. The summed E-state index contributed by atoms with van der Waals surface area (Å²) in [5.74, 6) is 1.63. The van der Waals surface area contributed by atoms with Crippen molar-refractivity contribution in [2.24, 2.45) is 5.92 Å². The van der Waals surface area contributed by atoms with Crippen molar-refractivity contribution < 1.29 is 4.79 Å². The molecule has 1 saturated heterocycles. The number of fused-ring (bicyclic) bond motifs is 1. The Morgan fingerprint density at radius 1 is 1.22 bits per heavy atom. The van der Waals surface area contributed by atoms with Crippen molar-refractivity contribution in [2.45, 2.75) is 26.2 Å². The zero-order chi connectivity index (χ0) is 18.6. The molecular formula is C21H24N4OS. The summed E-state index contributed by atoms with van der Waals surface area (Å²) in [7, 11) is 0. The van der Waals surface area contributed by atoms with Crippen LogP contribution >= 0.6 is 11.3 Å². The Bertz CT molecular complexity index is 916.